The van der Waals surface area contributed by atoms with Crippen LogP contribution in [-0.4, -0.2) is 43.3 Å². The van der Waals surface area contributed by atoms with Crippen LogP contribution in [0.25, 0.3) is 10.1 Å². The summed E-state index contributed by atoms with van der Waals surface area (Å²) in [7, 11) is 0. The minimum Gasteiger partial charge on any atom is -0.454 e. The lowest BCUT2D eigenvalue weighted by atomic mass is 9.84. The zero-order valence-corrected chi connectivity index (χ0v) is 13.5. The Bertz CT molecular complexity index is 738. The summed E-state index contributed by atoms with van der Waals surface area (Å²) >= 11 is 1.52. The molecule has 6 heteroatoms. The van der Waals surface area contributed by atoms with Crippen molar-refractivity contribution in [1.82, 2.24) is 10.2 Å². The highest BCUT2D eigenvalue weighted by Crippen LogP contribution is 2.39. The number of amides is 1. The fraction of sp³-hybridized carbons (Fsp3) is 0.471. The van der Waals surface area contributed by atoms with E-state index in [0.29, 0.717) is 12.0 Å². The highest BCUT2D eigenvalue weighted by atomic mass is 32.1. The molecule has 23 heavy (non-hydrogen) atoms. The molecular formula is C17H18N2O3S. The third-order valence-corrected chi connectivity index (χ3v) is 6.30. The van der Waals surface area contributed by atoms with E-state index < -0.39 is 0 Å². The second kappa shape index (κ2) is 5.11. The van der Waals surface area contributed by atoms with E-state index in [0.717, 1.165) is 33.0 Å². The molecule has 0 saturated carbocycles. The minimum atomic E-state index is 0.0481. The van der Waals surface area contributed by atoms with Crippen molar-refractivity contribution in [3.63, 3.8) is 0 Å². The van der Waals surface area contributed by atoms with Gasteiger partial charge in [-0.05, 0) is 49.4 Å². The number of benzene rings is 1. The average Bonchev–Trinajstić information content (AvgIpc) is 3.19. The molecular weight excluding hydrogens is 312 g/mol. The molecule has 0 unspecified atom stereocenters. The van der Waals surface area contributed by atoms with Crippen LogP contribution in [0.15, 0.2) is 18.2 Å². The molecule has 5 nitrogen and oxygen atoms in total. The van der Waals surface area contributed by atoms with Gasteiger partial charge in [0.15, 0.2) is 11.5 Å². The predicted octanol–water partition coefficient (Wildman–Crippen LogP) is 2.45. The van der Waals surface area contributed by atoms with Crippen LogP contribution in [-0.2, 0) is 0 Å². The molecule has 5 heterocycles. The number of hydrogen-bond acceptors (Lipinski definition) is 5. The summed E-state index contributed by atoms with van der Waals surface area (Å²) in [6.45, 7) is 3.65. The van der Waals surface area contributed by atoms with Gasteiger partial charge in [0.2, 0.25) is 6.79 Å². The number of fused-ring (bicyclic) bond motifs is 5. The minimum absolute atomic E-state index is 0.0481. The number of nitrogens with zero attached hydrogens (tertiary/aromatic N) is 1. The van der Waals surface area contributed by atoms with E-state index in [-0.39, 0.29) is 12.7 Å². The maximum Gasteiger partial charge on any atom is 0.261 e. The first-order chi connectivity index (χ1) is 11.3. The molecule has 4 aliphatic rings. The molecule has 0 spiro atoms. The molecule has 120 valence electrons. The molecule has 6 rings (SSSR count). The predicted molar refractivity (Wildman–Crippen MR) is 88.4 cm³/mol. The number of hydrogen-bond donors (Lipinski definition) is 1. The molecule has 0 aliphatic carbocycles. The number of carbonyl (C=O) groups is 1. The lowest BCUT2D eigenvalue weighted by Crippen LogP contribution is -2.57. The van der Waals surface area contributed by atoms with Crippen LogP contribution < -0.4 is 14.8 Å². The molecule has 1 aromatic heterocycles. The van der Waals surface area contributed by atoms with Crippen molar-refractivity contribution in [3.8, 4) is 11.5 Å². The molecule has 3 fully saturated rings. The van der Waals surface area contributed by atoms with Crippen LogP contribution >= 0.6 is 11.3 Å². The number of carbonyl (C=O) groups excluding carboxylic acids is 1. The summed E-state index contributed by atoms with van der Waals surface area (Å²) < 4.78 is 11.9. The first-order valence-electron chi connectivity index (χ1n) is 8.13. The molecule has 1 aromatic carbocycles. The lowest BCUT2D eigenvalue weighted by molar-refractivity contribution is 0.0622. The zero-order chi connectivity index (χ0) is 15.4. The number of thiophene rings is 1. The average molecular weight is 330 g/mol. The Hall–Kier alpha value is -1.79. The number of rotatable bonds is 2. The fourth-order valence-electron chi connectivity index (χ4n) is 3.91. The third-order valence-electron chi connectivity index (χ3n) is 5.21. The van der Waals surface area contributed by atoms with Gasteiger partial charge in [-0.3, -0.25) is 4.79 Å². The highest BCUT2D eigenvalue weighted by Gasteiger charge is 2.35. The second-order valence-corrected chi connectivity index (χ2v) is 7.66. The summed E-state index contributed by atoms with van der Waals surface area (Å²) in [5.74, 6) is 2.22. The van der Waals surface area contributed by atoms with Gasteiger partial charge in [0.1, 0.15) is 0 Å². The van der Waals surface area contributed by atoms with Crippen LogP contribution in [0.3, 0.4) is 0 Å². The van der Waals surface area contributed by atoms with Gasteiger partial charge in [0.05, 0.1) is 4.88 Å². The Morgan fingerprint density at radius 1 is 1.17 bits per heavy atom. The number of ether oxygens (including phenoxy) is 2. The van der Waals surface area contributed by atoms with E-state index in [1.807, 2.05) is 18.2 Å². The quantitative estimate of drug-likeness (QED) is 0.919. The maximum atomic E-state index is 12.6. The van der Waals surface area contributed by atoms with Crippen LogP contribution in [0.4, 0.5) is 0 Å². The largest absolute Gasteiger partial charge is 0.454 e. The van der Waals surface area contributed by atoms with Gasteiger partial charge in [0, 0.05) is 23.4 Å². The molecule has 2 bridgehead atoms. The Balaban J connectivity index is 1.38. The Kier molecular flexibility index (Phi) is 3.03. The smallest absolute Gasteiger partial charge is 0.261 e. The maximum absolute atomic E-state index is 12.6. The Morgan fingerprint density at radius 3 is 2.70 bits per heavy atom. The molecule has 1 atom stereocenters. The van der Waals surface area contributed by atoms with Crippen molar-refractivity contribution in [3.05, 3.63) is 23.1 Å². The first kappa shape index (κ1) is 13.6. The Morgan fingerprint density at radius 2 is 1.96 bits per heavy atom. The van der Waals surface area contributed by atoms with Gasteiger partial charge in [-0.1, -0.05) is 0 Å². The van der Waals surface area contributed by atoms with Crippen molar-refractivity contribution in [1.29, 1.82) is 0 Å². The molecule has 0 radical (unpaired) electrons. The van der Waals surface area contributed by atoms with Gasteiger partial charge in [-0.15, -0.1) is 11.3 Å². The van der Waals surface area contributed by atoms with Crippen LogP contribution in [0, 0.1) is 5.92 Å². The fourth-order valence-corrected chi connectivity index (χ4v) is 4.89. The molecule has 4 aliphatic heterocycles. The van der Waals surface area contributed by atoms with Crippen LogP contribution in [0.2, 0.25) is 0 Å². The van der Waals surface area contributed by atoms with E-state index in [1.54, 1.807) is 0 Å². The highest BCUT2D eigenvalue weighted by molar-refractivity contribution is 7.20. The van der Waals surface area contributed by atoms with E-state index in [4.69, 9.17) is 9.47 Å². The van der Waals surface area contributed by atoms with Gasteiger partial charge in [0.25, 0.3) is 5.91 Å². The monoisotopic (exact) mass is 330 g/mol. The van der Waals surface area contributed by atoms with E-state index in [2.05, 4.69) is 10.2 Å². The topological polar surface area (TPSA) is 50.8 Å². The summed E-state index contributed by atoms with van der Waals surface area (Å²) in [4.78, 5) is 15.8. The molecule has 1 amide bonds. The van der Waals surface area contributed by atoms with Gasteiger partial charge >= 0.3 is 0 Å². The summed E-state index contributed by atoms with van der Waals surface area (Å²) in [5.41, 5.74) is 0. The first-order valence-corrected chi connectivity index (χ1v) is 8.94. The van der Waals surface area contributed by atoms with Crippen LogP contribution in [0.1, 0.15) is 22.5 Å². The third kappa shape index (κ3) is 2.28. The normalized spacial score (nSPS) is 28.3. The van der Waals surface area contributed by atoms with Gasteiger partial charge in [-0.2, -0.15) is 0 Å². The molecule has 3 saturated heterocycles. The van der Waals surface area contributed by atoms with Crippen LogP contribution in [0.5, 0.6) is 11.5 Å². The SMILES string of the molecule is O=C(N[C@@H]1CN2CCC1CC2)c1cc2cc3c(cc2s1)OCO3. The van der Waals surface area contributed by atoms with E-state index >= 15 is 0 Å². The summed E-state index contributed by atoms with van der Waals surface area (Å²) in [6.07, 6.45) is 2.41. The zero-order valence-electron chi connectivity index (χ0n) is 12.7. The molecule has 2 aromatic rings. The van der Waals surface area contributed by atoms with Gasteiger partial charge < -0.3 is 19.7 Å². The van der Waals surface area contributed by atoms with Crippen molar-refractivity contribution in [2.24, 2.45) is 5.92 Å². The van der Waals surface area contributed by atoms with Crippen molar-refractivity contribution < 1.29 is 14.3 Å². The number of piperidine rings is 3. The van der Waals surface area contributed by atoms with Crippen molar-refractivity contribution in [2.75, 3.05) is 26.4 Å². The number of nitrogens with one attached hydrogen (secondary N) is 1. The van der Waals surface area contributed by atoms with E-state index in [9.17, 15) is 4.79 Å². The standard InChI is InChI=1S/C17H18N2O3S/c20-17(18-12-8-19-3-1-10(12)2-4-19)16-6-11-5-13-14(22-9-21-13)7-15(11)23-16/h5-7,10,12H,1-4,8-9H2,(H,18,20)/t12-/m1/s1. The summed E-state index contributed by atoms with van der Waals surface area (Å²) in [6, 6.07) is 6.18. The summed E-state index contributed by atoms with van der Waals surface area (Å²) in [5, 5.41) is 4.29. The Labute approximate surface area is 138 Å². The molecule has 1 N–H and O–H groups in total. The van der Waals surface area contributed by atoms with Gasteiger partial charge in [-0.25, -0.2) is 0 Å². The van der Waals surface area contributed by atoms with Crippen molar-refractivity contribution in [2.45, 2.75) is 18.9 Å². The van der Waals surface area contributed by atoms with E-state index in [1.165, 1.54) is 37.3 Å². The lowest BCUT2D eigenvalue weighted by Gasteiger charge is -2.44. The van der Waals surface area contributed by atoms with Crippen molar-refractivity contribution >= 4 is 27.3 Å². The second-order valence-electron chi connectivity index (χ2n) is 6.57.